The Kier molecular flexibility index (Phi) is 3.84. The first-order valence-electron chi connectivity index (χ1n) is 6.16. The Balaban J connectivity index is 2.27. The molecule has 1 saturated heterocycles. The lowest BCUT2D eigenvalue weighted by Crippen LogP contribution is -2.39. The molecule has 2 aliphatic heterocycles. The lowest BCUT2D eigenvalue weighted by atomic mass is 10.2. The van der Waals surface area contributed by atoms with Crippen LogP contribution in [-0.2, 0) is 14.8 Å². The minimum absolute atomic E-state index is 0.174. The summed E-state index contributed by atoms with van der Waals surface area (Å²) in [7, 11) is -1.87. The molecule has 6 nitrogen and oxygen atoms in total. The molecule has 0 amide bonds. The third-order valence-corrected chi connectivity index (χ3v) is 5.42. The summed E-state index contributed by atoms with van der Waals surface area (Å²) in [4.78, 5) is 1.59. The summed E-state index contributed by atoms with van der Waals surface area (Å²) in [5.74, 6) is 0.427. The maximum Gasteiger partial charge on any atom is 0.261 e. The molecule has 7 heteroatoms. The first-order chi connectivity index (χ1) is 8.43. The maximum absolute atomic E-state index is 12.5. The van der Waals surface area contributed by atoms with Crippen LogP contribution in [0.4, 0.5) is 0 Å². The van der Waals surface area contributed by atoms with Gasteiger partial charge in [0.2, 0.25) is 0 Å². The van der Waals surface area contributed by atoms with Crippen LogP contribution in [0.5, 0.6) is 0 Å². The Bertz CT molecular complexity index is 446. The van der Waals surface area contributed by atoms with Crippen LogP contribution in [0.25, 0.3) is 0 Å². The standard InChI is InChI=1S/C11H20N2O4S/c1-9-11(12(2)8-17-9)18(15,16)13-6-4-3-5-10(14)7-13/h10,14H,3-8H2,1-2H3. The molecular weight excluding hydrogens is 256 g/mol. The van der Waals surface area contributed by atoms with E-state index in [0.717, 1.165) is 12.8 Å². The molecule has 0 aromatic rings. The molecule has 1 atom stereocenters. The normalized spacial score (nSPS) is 27.3. The second-order valence-corrected chi connectivity index (χ2v) is 6.70. The predicted molar refractivity (Wildman–Crippen MR) is 66.8 cm³/mol. The zero-order valence-electron chi connectivity index (χ0n) is 10.8. The summed E-state index contributed by atoms with van der Waals surface area (Å²) >= 11 is 0. The molecule has 0 saturated carbocycles. The monoisotopic (exact) mass is 276 g/mol. The summed E-state index contributed by atoms with van der Waals surface area (Å²) in [6.45, 7) is 2.55. The zero-order chi connectivity index (χ0) is 13.3. The van der Waals surface area contributed by atoms with Gasteiger partial charge < -0.3 is 14.7 Å². The number of aliphatic hydroxyl groups is 1. The molecule has 2 heterocycles. The fraction of sp³-hybridized carbons (Fsp3) is 0.818. The van der Waals surface area contributed by atoms with Gasteiger partial charge in [0.25, 0.3) is 10.0 Å². The molecular formula is C11H20N2O4S. The summed E-state index contributed by atoms with van der Waals surface area (Å²) in [5, 5.41) is 9.95. The quantitative estimate of drug-likeness (QED) is 0.784. The summed E-state index contributed by atoms with van der Waals surface area (Å²) < 4.78 is 31.7. The molecule has 0 aliphatic carbocycles. The van der Waals surface area contributed by atoms with Crippen molar-refractivity contribution < 1.29 is 18.3 Å². The first-order valence-corrected chi connectivity index (χ1v) is 7.60. The highest BCUT2D eigenvalue weighted by Crippen LogP contribution is 2.27. The van der Waals surface area contributed by atoms with Gasteiger partial charge in [-0.2, -0.15) is 4.31 Å². The van der Waals surface area contributed by atoms with E-state index in [1.54, 1.807) is 18.9 Å². The highest BCUT2D eigenvalue weighted by Gasteiger charge is 2.36. The molecule has 1 unspecified atom stereocenters. The van der Waals surface area contributed by atoms with Crippen LogP contribution in [0.2, 0.25) is 0 Å². The van der Waals surface area contributed by atoms with Crippen LogP contribution in [0.1, 0.15) is 26.2 Å². The minimum atomic E-state index is -3.56. The largest absolute Gasteiger partial charge is 0.475 e. The van der Waals surface area contributed by atoms with Gasteiger partial charge in [0.05, 0.1) is 6.10 Å². The number of ether oxygens (including phenoxy) is 1. The Hall–Kier alpha value is -0.790. The summed E-state index contributed by atoms with van der Waals surface area (Å²) in [6, 6.07) is 0. The third kappa shape index (κ3) is 2.48. The van der Waals surface area contributed by atoms with Gasteiger partial charge in [-0.05, 0) is 26.2 Å². The van der Waals surface area contributed by atoms with Crippen molar-refractivity contribution in [1.82, 2.24) is 9.21 Å². The Morgan fingerprint density at radius 1 is 1.39 bits per heavy atom. The van der Waals surface area contributed by atoms with Gasteiger partial charge in [0.1, 0.15) is 5.76 Å². The number of allylic oxidation sites excluding steroid dienone is 1. The molecule has 18 heavy (non-hydrogen) atoms. The van der Waals surface area contributed by atoms with Crippen molar-refractivity contribution >= 4 is 10.0 Å². The molecule has 0 radical (unpaired) electrons. The molecule has 2 rings (SSSR count). The van der Waals surface area contributed by atoms with E-state index in [2.05, 4.69) is 0 Å². The van der Waals surface area contributed by atoms with Crippen LogP contribution < -0.4 is 0 Å². The molecule has 0 aromatic carbocycles. The maximum atomic E-state index is 12.5. The predicted octanol–water partition coefficient (Wildman–Crippen LogP) is 0.272. The van der Waals surface area contributed by atoms with Crippen molar-refractivity contribution in [2.75, 3.05) is 26.9 Å². The smallest absolute Gasteiger partial charge is 0.261 e. The second kappa shape index (κ2) is 5.07. The zero-order valence-corrected chi connectivity index (χ0v) is 11.6. The van der Waals surface area contributed by atoms with Crippen molar-refractivity contribution in [1.29, 1.82) is 0 Å². The Morgan fingerprint density at radius 2 is 2.11 bits per heavy atom. The van der Waals surface area contributed by atoms with Gasteiger partial charge in [0, 0.05) is 20.1 Å². The van der Waals surface area contributed by atoms with E-state index in [9.17, 15) is 13.5 Å². The van der Waals surface area contributed by atoms with Crippen LogP contribution >= 0.6 is 0 Å². The summed E-state index contributed by atoms with van der Waals surface area (Å²) in [6.07, 6.45) is 1.73. The number of nitrogens with zero attached hydrogens (tertiary/aromatic N) is 2. The number of rotatable bonds is 2. The van der Waals surface area contributed by atoms with E-state index in [-0.39, 0.29) is 18.3 Å². The third-order valence-electron chi connectivity index (χ3n) is 3.32. The number of hydrogen-bond donors (Lipinski definition) is 1. The molecule has 0 spiro atoms. The second-order valence-electron chi connectivity index (χ2n) is 4.85. The van der Waals surface area contributed by atoms with E-state index in [1.807, 2.05) is 0 Å². The van der Waals surface area contributed by atoms with Gasteiger partial charge in [0.15, 0.2) is 11.8 Å². The number of β-amino-alcohol motifs (C(OH)–C–C–N with tert-alkyl or cyclic N) is 1. The van der Waals surface area contributed by atoms with Gasteiger partial charge in [-0.1, -0.05) is 0 Å². The van der Waals surface area contributed by atoms with Gasteiger partial charge >= 0.3 is 0 Å². The summed E-state index contributed by atoms with van der Waals surface area (Å²) in [5.41, 5.74) is 0. The van der Waals surface area contributed by atoms with E-state index < -0.39 is 16.1 Å². The lowest BCUT2D eigenvalue weighted by Gasteiger charge is -2.24. The van der Waals surface area contributed by atoms with Gasteiger partial charge in [-0.15, -0.1) is 0 Å². The minimum Gasteiger partial charge on any atom is -0.475 e. The fourth-order valence-corrected chi connectivity index (χ4v) is 4.24. The van der Waals surface area contributed by atoms with Crippen LogP contribution in [0, 0.1) is 0 Å². The van der Waals surface area contributed by atoms with Crippen molar-refractivity contribution in [3.63, 3.8) is 0 Å². The number of aliphatic hydroxyl groups excluding tert-OH is 1. The van der Waals surface area contributed by atoms with E-state index in [1.165, 1.54) is 4.31 Å². The molecule has 104 valence electrons. The van der Waals surface area contributed by atoms with Gasteiger partial charge in [-0.3, -0.25) is 0 Å². The molecule has 2 aliphatic rings. The van der Waals surface area contributed by atoms with Crippen molar-refractivity contribution in [3.05, 3.63) is 10.8 Å². The molecule has 1 N–H and O–H groups in total. The SMILES string of the molecule is CC1=C(S(=O)(=O)N2CCCCC(O)C2)N(C)CO1. The van der Waals surface area contributed by atoms with E-state index in [4.69, 9.17) is 4.74 Å². The highest BCUT2D eigenvalue weighted by atomic mass is 32.2. The average Bonchev–Trinajstić information content (AvgIpc) is 2.51. The average molecular weight is 276 g/mol. The number of hydrogen-bond acceptors (Lipinski definition) is 5. The highest BCUT2D eigenvalue weighted by molar-refractivity contribution is 7.92. The fourth-order valence-electron chi connectivity index (χ4n) is 2.39. The van der Waals surface area contributed by atoms with Crippen molar-refractivity contribution in [3.8, 4) is 0 Å². The first kappa shape index (κ1) is 13.6. The lowest BCUT2D eigenvalue weighted by molar-refractivity contribution is 0.148. The molecule has 0 bridgehead atoms. The molecule has 0 aromatic heterocycles. The van der Waals surface area contributed by atoms with E-state index in [0.29, 0.717) is 18.7 Å². The van der Waals surface area contributed by atoms with Crippen molar-refractivity contribution in [2.24, 2.45) is 0 Å². The van der Waals surface area contributed by atoms with Crippen LogP contribution in [0.3, 0.4) is 0 Å². The Morgan fingerprint density at radius 3 is 2.72 bits per heavy atom. The van der Waals surface area contributed by atoms with Crippen molar-refractivity contribution in [2.45, 2.75) is 32.3 Å². The molecule has 1 fully saturated rings. The van der Waals surface area contributed by atoms with Gasteiger partial charge in [-0.25, -0.2) is 8.42 Å². The van der Waals surface area contributed by atoms with Crippen LogP contribution in [-0.4, -0.2) is 55.7 Å². The van der Waals surface area contributed by atoms with Crippen LogP contribution in [0.15, 0.2) is 10.8 Å². The topological polar surface area (TPSA) is 70.1 Å². The Labute approximate surface area is 108 Å². The number of sulfonamides is 1. The van der Waals surface area contributed by atoms with E-state index >= 15 is 0 Å².